The van der Waals surface area contributed by atoms with Crippen molar-refractivity contribution in [2.24, 2.45) is 0 Å². The topological polar surface area (TPSA) is 56.6 Å². The van der Waals surface area contributed by atoms with Crippen LogP contribution in [-0.2, 0) is 20.8 Å². The molecule has 0 saturated carbocycles. The van der Waals surface area contributed by atoms with Gasteiger partial charge in [0.2, 0.25) is 5.76 Å². The van der Waals surface area contributed by atoms with Crippen molar-refractivity contribution in [3.8, 4) is 5.69 Å². The minimum absolute atomic E-state index is 0.194. The molecule has 1 aromatic heterocycles. The van der Waals surface area contributed by atoms with Crippen LogP contribution in [0.15, 0.2) is 42.4 Å². The lowest BCUT2D eigenvalue weighted by molar-refractivity contribution is -0.131. The van der Waals surface area contributed by atoms with E-state index in [-0.39, 0.29) is 11.7 Å². The summed E-state index contributed by atoms with van der Waals surface area (Å²) in [5, 5.41) is 4.61. The van der Waals surface area contributed by atoms with E-state index in [2.05, 4.69) is 5.10 Å². The fraction of sp³-hybridized carbons (Fsp3) is 0.333. The van der Waals surface area contributed by atoms with Crippen molar-refractivity contribution in [1.29, 1.82) is 0 Å². The Morgan fingerprint density at radius 1 is 1.25 bits per heavy atom. The van der Waals surface area contributed by atoms with Gasteiger partial charge >= 0.3 is 0 Å². The molecule has 1 aliphatic heterocycles. The van der Waals surface area contributed by atoms with Crippen molar-refractivity contribution in [2.45, 2.75) is 20.4 Å². The third-order valence-corrected chi connectivity index (χ3v) is 4.04. The van der Waals surface area contributed by atoms with Gasteiger partial charge in [-0.3, -0.25) is 4.79 Å². The van der Waals surface area contributed by atoms with E-state index in [1.807, 2.05) is 48.9 Å². The van der Waals surface area contributed by atoms with Crippen LogP contribution >= 0.6 is 0 Å². The Morgan fingerprint density at radius 3 is 2.67 bits per heavy atom. The van der Waals surface area contributed by atoms with E-state index in [0.717, 1.165) is 22.6 Å². The molecule has 0 saturated heterocycles. The summed E-state index contributed by atoms with van der Waals surface area (Å²) in [4.78, 5) is 14.0. The van der Waals surface area contributed by atoms with Gasteiger partial charge in [-0.2, -0.15) is 5.10 Å². The van der Waals surface area contributed by atoms with Gasteiger partial charge in [-0.1, -0.05) is 18.2 Å². The highest BCUT2D eigenvalue weighted by atomic mass is 16.6. The van der Waals surface area contributed by atoms with E-state index in [1.54, 1.807) is 11.9 Å². The van der Waals surface area contributed by atoms with Gasteiger partial charge in [0, 0.05) is 24.8 Å². The number of amides is 1. The van der Waals surface area contributed by atoms with Crippen molar-refractivity contribution in [1.82, 2.24) is 14.7 Å². The number of carbonyl (C=O) groups is 1. The maximum Gasteiger partial charge on any atom is 0.292 e. The molecule has 0 radical (unpaired) electrons. The number of hydrogen-bond acceptors (Lipinski definition) is 4. The fourth-order valence-corrected chi connectivity index (χ4v) is 2.70. The molecule has 0 atom stereocenters. The normalized spacial score (nSPS) is 13.7. The van der Waals surface area contributed by atoms with E-state index in [0.29, 0.717) is 19.8 Å². The predicted octanol–water partition coefficient (Wildman–Crippen LogP) is 2.34. The van der Waals surface area contributed by atoms with Gasteiger partial charge in [-0.15, -0.1) is 0 Å². The highest BCUT2D eigenvalue weighted by molar-refractivity contribution is 5.91. The largest absolute Gasteiger partial charge is 0.494 e. The molecule has 0 bridgehead atoms. The highest BCUT2D eigenvalue weighted by Gasteiger charge is 2.22. The summed E-state index contributed by atoms with van der Waals surface area (Å²) in [6.07, 6.45) is 1.38. The highest BCUT2D eigenvalue weighted by Crippen LogP contribution is 2.20. The number of ether oxygens (including phenoxy) is 2. The Hall–Kier alpha value is -2.76. The van der Waals surface area contributed by atoms with Gasteiger partial charge in [0.25, 0.3) is 5.91 Å². The van der Waals surface area contributed by atoms with Crippen LogP contribution in [0.2, 0.25) is 0 Å². The molecule has 0 aliphatic carbocycles. The molecule has 126 valence electrons. The van der Waals surface area contributed by atoms with Crippen LogP contribution in [-0.4, -0.2) is 40.8 Å². The van der Waals surface area contributed by atoms with Crippen molar-refractivity contribution in [3.05, 3.63) is 59.3 Å². The number of aryl methyl sites for hydroxylation is 1. The number of aromatic nitrogens is 2. The average Bonchev–Trinajstić information content (AvgIpc) is 2.90. The second kappa shape index (κ2) is 6.78. The van der Waals surface area contributed by atoms with Gasteiger partial charge in [-0.25, -0.2) is 4.68 Å². The Morgan fingerprint density at radius 2 is 2.00 bits per heavy atom. The summed E-state index contributed by atoms with van der Waals surface area (Å²) in [5.74, 6) is 0.0514. The molecule has 2 heterocycles. The molecular formula is C18H21N3O3. The van der Waals surface area contributed by atoms with Crippen molar-refractivity contribution in [3.63, 3.8) is 0 Å². The summed E-state index contributed by atoms with van der Waals surface area (Å²) < 4.78 is 12.4. The molecule has 0 fully saturated rings. The lowest BCUT2D eigenvalue weighted by atomic mass is 10.2. The van der Waals surface area contributed by atoms with Crippen LogP contribution in [0.5, 0.6) is 0 Å². The molecule has 24 heavy (non-hydrogen) atoms. The second-order valence-electron chi connectivity index (χ2n) is 5.76. The smallest absolute Gasteiger partial charge is 0.292 e. The zero-order chi connectivity index (χ0) is 17.1. The fourth-order valence-electron chi connectivity index (χ4n) is 2.70. The van der Waals surface area contributed by atoms with Gasteiger partial charge < -0.3 is 14.4 Å². The van der Waals surface area contributed by atoms with Gasteiger partial charge in [0.1, 0.15) is 19.5 Å². The molecule has 3 rings (SSSR count). The van der Waals surface area contributed by atoms with Crippen LogP contribution in [0.4, 0.5) is 0 Å². The van der Waals surface area contributed by atoms with E-state index in [4.69, 9.17) is 9.47 Å². The summed E-state index contributed by atoms with van der Waals surface area (Å²) in [6, 6.07) is 9.96. The SMILES string of the molecule is Cc1nn(-c2ccccc2)c(C)c1CN(C)C(=O)C1=COCCO1. The van der Waals surface area contributed by atoms with Gasteiger partial charge in [0.15, 0.2) is 0 Å². The van der Waals surface area contributed by atoms with Crippen LogP contribution in [0.25, 0.3) is 5.69 Å². The van der Waals surface area contributed by atoms with Crippen LogP contribution in [0, 0.1) is 13.8 Å². The molecular weight excluding hydrogens is 306 g/mol. The molecule has 1 amide bonds. The lowest BCUT2D eigenvalue weighted by Gasteiger charge is -2.21. The minimum atomic E-state index is -0.194. The zero-order valence-corrected chi connectivity index (χ0v) is 14.2. The van der Waals surface area contributed by atoms with Crippen LogP contribution in [0.3, 0.4) is 0 Å². The predicted molar refractivity (Wildman–Crippen MR) is 89.5 cm³/mol. The molecule has 0 spiro atoms. The number of rotatable bonds is 4. The average molecular weight is 327 g/mol. The number of para-hydroxylation sites is 1. The van der Waals surface area contributed by atoms with Gasteiger partial charge in [-0.05, 0) is 26.0 Å². The molecule has 6 heteroatoms. The number of carbonyl (C=O) groups excluding carboxylic acids is 1. The van der Waals surface area contributed by atoms with Crippen LogP contribution in [0.1, 0.15) is 17.0 Å². The minimum Gasteiger partial charge on any atom is -0.494 e. The quantitative estimate of drug-likeness (QED) is 0.865. The molecule has 0 N–H and O–H groups in total. The maximum atomic E-state index is 12.4. The van der Waals surface area contributed by atoms with Crippen molar-refractivity contribution < 1.29 is 14.3 Å². The van der Waals surface area contributed by atoms with Crippen molar-refractivity contribution in [2.75, 3.05) is 20.3 Å². The third-order valence-electron chi connectivity index (χ3n) is 4.04. The first-order valence-corrected chi connectivity index (χ1v) is 7.88. The molecule has 1 aliphatic rings. The molecule has 6 nitrogen and oxygen atoms in total. The molecule has 0 unspecified atom stereocenters. The molecule has 1 aromatic carbocycles. The summed E-state index contributed by atoms with van der Waals surface area (Å²) >= 11 is 0. The van der Waals surface area contributed by atoms with Crippen molar-refractivity contribution >= 4 is 5.91 Å². The second-order valence-corrected chi connectivity index (χ2v) is 5.76. The number of hydrogen-bond donors (Lipinski definition) is 0. The van der Waals surface area contributed by atoms with Gasteiger partial charge in [0.05, 0.1) is 11.4 Å². The Kier molecular flexibility index (Phi) is 4.55. The van der Waals surface area contributed by atoms with E-state index >= 15 is 0 Å². The van der Waals surface area contributed by atoms with E-state index in [9.17, 15) is 4.79 Å². The first-order valence-electron chi connectivity index (χ1n) is 7.88. The van der Waals surface area contributed by atoms with E-state index < -0.39 is 0 Å². The Balaban J connectivity index is 1.81. The first kappa shape index (κ1) is 16.1. The zero-order valence-electron chi connectivity index (χ0n) is 14.2. The number of likely N-dealkylation sites (N-methyl/N-ethyl adjacent to an activating group) is 1. The van der Waals surface area contributed by atoms with Crippen LogP contribution < -0.4 is 0 Å². The molecule has 2 aromatic rings. The van der Waals surface area contributed by atoms with E-state index in [1.165, 1.54) is 6.26 Å². The first-order chi connectivity index (χ1) is 11.6. The number of nitrogens with zero attached hydrogens (tertiary/aromatic N) is 3. The maximum absolute atomic E-state index is 12.4. The summed E-state index contributed by atoms with van der Waals surface area (Å²) in [7, 11) is 1.75. The Labute approximate surface area is 141 Å². The standard InChI is InChI=1S/C18H21N3O3/c1-13-16(11-20(3)18(22)17-12-23-9-10-24-17)14(2)21(19-13)15-7-5-4-6-8-15/h4-8,12H,9-11H2,1-3H3. The number of benzene rings is 1. The summed E-state index contributed by atoms with van der Waals surface area (Å²) in [5.41, 5.74) is 3.97. The monoisotopic (exact) mass is 327 g/mol. The lowest BCUT2D eigenvalue weighted by Crippen LogP contribution is -2.30. The Bertz CT molecular complexity index is 765. The summed E-state index contributed by atoms with van der Waals surface area (Å²) in [6.45, 7) is 5.31. The third kappa shape index (κ3) is 3.13.